The number of aryl methyl sites for hydroxylation is 1. The topological polar surface area (TPSA) is 76.7 Å². The van der Waals surface area contributed by atoms with Crippen LogP contribution >= 0.6 is 0 Å². The molecule has 280 valence electrons. The number of fused-ring (bicyclic) bond motifs is 1. The van der Waals surface area contributed by atoms with Gasteiger partial charge in [-0.1, -0.05) is 63.8 Å². The number of anilines is 1. The highest BCUT2D eigenvalue weighted by atomic mass is 19.3. The summed E-state index contributed by atoms with van der Waals surface area (Å²) in [7, 11) is 0. The van der Waals surface area contributed by atoms with E-state index >= 15 is 0 Å². The van der Waals surface area contributed by atoms with Crippen LogP contribution < -0.4 is 5.32 Å². The molecule has 1 aromatic heterocycles. The van der Waals surface area contributed by atoms with Gasteiger partial charge in [0.25, 0.3) is 6.43 Å². The van der Waals surface area contributed by atoms with Crippen molar-refractivity contribution in [1.82, 2.24) is 9.88 Å². The molecule has 54 heavy (non-hydrogen) atoms. The molecule has 2 aliphatic rings. The van der Waals surface area contributed by atoms with Crippen molar-refractivity contribution in [3.63, 3.8) is 0 Å². The van der Waals surface area contributed by atoms with E-state index in [0.717, 1.165) is 81.6 Å². The van der Waals surface area contributed by atoms with Crippen molar-refractivity contribution in [2.75, 3.05) is 18.4 Å². The number of benzene rings is 3. The quantitative estimate of drug-likeness (QED) is 0.138. The zero-order chi connectivity index (χ0) is 39.2. The summed E-state index contributed by atoms with van der Waals surface area (Å²) in [6, 6.07) is 22.7. The van der Waals surface area contributed by atoms with Crippen molar-refractivity contribution in [3.8, 4) is 17.2 Å². The molecule has 1 fully saturated rings. The molecule has 0 radical (unpaired) electrons. The number of allylic oxidation sites excluding steroid dienone is 1. The minimum absolute atomic E-state index is 0.278. The first-order valence-electron chi connectivity index (χ1n) is 18.6. The van der Waals surface area contributed by atoms with Crippen LogP contribution in [0.1, 0.15) is 86.5 Å². The van der Waals surface area contributed by atoms with Crippen LogP contribution in [0, 0.1) is 36.5 Å². The fourth-order valence-corrected chi connectivity index (χ4v) is 7.28. The number of pyridine rings is 1. The first-order valence-corrected chi connectivity index (χ1v) is 18.6. The van der Waals surface area contributed by atoms with Crippen LogP contribution in [0.15, 0.2) is 96.1 Å². The lowest BCUT2D eigenvalue weighted by Crippen LogP contribution is -2.37. The number of rotatable bonds is 9. The summed E-state index contributed by atoms with van der Waals surface area (Å²) in [5, 5.41) is 13.5. The van der Waals surface area contributed by atoms with Crippen LogP contribution in [0.2, 0.25) is 0 Å². The second-order valence-electron chi connectivity index (χ2n) is 15.4. The average molecular weight is 727 g/mol. The van der Waals surface area contributed by atoms with Crippen molar-refractivity contribution in [2.24, 2.45) is 21.3 Å². The number of nitrogens with one attached hydrogen (secondary N) is 1. The van der Waals surface area contributed by atoms with Gasteiger partial charge < -0.3 is 5.32 Å². The molecule has 0 amide bonds. The Bertz CT molecular complexity index is 2120. The van der Waals surface area contributed by atoms with Gasteiger partial charge in [0, 0.05) is 30.4 Å². The summed E-state index contributed by atoms with van der Waals surface area (Å²) in [4.78, 5) is 16.2. The molecule has 0 bridgehead atoms. The van der Waals surface area contributed by atoms with Gasteiger partial charge in [-0.15, -0.1) is 6.58 Å². The summed E-state index contributed by atoms with van der Waals surface area (Å²) in [5.41, 5.74) is 11.8. The van der Waals surface area contributed by atoms with E-state index in [1.807, 2.05) is 38.1 Å². The molecule has 3 aromatic carbocycles. The Balaban J connectivity index is 0.00000181. The van der Waals surface area contributed by atoms with Crippen LogP contribution in [-0.2, 0) is 13.0 Å². The first-order chi connectivity index (χ1) is 25.7. The number of aromatic nitrogens is 1. The zero-order valence-corrected chi connectivity index (χ0v) is 32.7. The van der Waals surface area contributed by atoms with Gasteiger partial charge in [0.15, 0.2) is 0 Å². The van der Waals surface area contributed by atoms with Crippen LogP contribution in [0.3, 0.4) is 0 Å². The summed E-state index contributed by atoms with van der Waals surface area (Å²) in [6.45, 7) is 24.7. The summed E-state index contributed by atoms with van der Waals surface area (Å²) < 4.78 is 26.6. The molecule has 6 nitrogen and oxygen atoms in total. The predicted octanol–water partition coefficient (Wildman–Crippen LogP) is 11.8. The van der Waals surface area contributed by atoms with Crippen LogP contribution in [0.5, 0.6) is 0 Å². The van der Waals surface area contributed by atoms with Gasteiger partial charge in [-0.2, -0.15) is 5.26 Å². The number of aliphatic imine (C=N–C) groups is 2. The van der Waals surface area contributed by atoms with E-state index in [0.29, 0.717) is 34.5 Å². The maximum atomic E-state index is 13.3. The normalized spacial score (nSPS) is 14.8. The lowest BCUT2D eigenvalue weighted by atomic mass is 9.75. The van der Waals surface area contributed by atoms with Crippen molar-refractivity contribution in [2.45, 2.75) is 80.7 Å². The molecule has 0 saturated carbocycles. The third-order valence-corrected chi connectivity index (χ3v) is 10.2. The van der Waals surface area contributed by atoms with E-state index < -0.39 is 6.43 Å². The largest absolute Gasteiger partial charge is 0.354 e. The van der Waals surface area contributed by atoms with Gasteiger partial charge in [0.2, 0.25) is 0 Å². The summed E-state index contributed by atoms with van der Waals surface area (Å²) in [6.07, 6.45) is 3.78. The molecule has 1 N–H and O–H groups in total. The van der Waals surface area contributed by atoms with E-state index in [1.165, 1.54) is 19.8 Å². The van der Waals surface area contributed by atoms with E-state index in [9.17, 15) is 14.0 Å². The highest BCUT2D eigenvalue weighted by Gasteiger charge is 2.29. The van der Waals surface area contributed by atoms with Gasteiger partial charge in [-0.25, -0.2) is 13.8 Å². The molecule has 3 heterocycles. The molecule has 0 aliphatic carbocycles. The number of likely N-dealkylation sites (tertiary alicyclic amines) is 1. The molecular formula is C46H52F2N6. The molecule has 6 rings (SSSR count). The van der Waals surface area contributed by atoms with E-state index in [4.69, 9.17) is 4.99 Å². The third-order valence-electron chi connectivity index (χ3n) is 10.2. The molecule has 0 unspecified atom stereocenters. The monoisotopic (exact) mass is 726 g/mol. The van der Waals surface area contributed by atoms with Gasteiger partial charge in [-0.05, 0) is 129 Å². The number of nitrogens with zero attached hydrogens (tertiary/aromatic N) is 5. The maximum Gasteiger partial charge on any atom is 0.276 e. The van der Waals surface area contributed by atoms with Crippen molar-refractivity contribution >= 4 is 34.2 Å². The van der Waals surface area contributed by atoms with Crippen LogP contribution in [0.25, 0.3) is 16.8 Å². The Kier molecular flexibility index (Phi) is 12.8. The fraction of sp³-hybridized carbons (Fsp3) is 0.348. The molecule has 1 saturated heterocycles. The first kappa shape index (κ1) is 39.9. The van der Waals surface area contributed by atoms with Crippen LogP contribution in [0.4, 0.5) is 25.8 Å². The number of hydrogen-bond donors (Lipinski definition) is 1. The number of halogens is 2. The Hall–Kier alpha value is -5.26. The second kappa shape index (κ2) is 17.3. The maximum absolute atomic E-state index is 13.3. The van der Waals surface area contributed by atoms with E-state index in [2.05, 4.69) is 97.4 Å². The number of nitriles is 1. The number of piperidine rings is 1. The lowest BCUT2D eigenvalue weighted by Gasteiger charge is -2.38. The van der Waals surface area contributed by atoms with Gasteiger partial charge in [0.1, 0.15) is 5.69 Å². The number of hydrogen-bond acceptors (Lipinski definition) is 6. The molecule has 4 aromatic rings. The van der Waals surface area contributed by atoms with Crippen molar-refractivity contribution in [3.05, 3.63) is 125 Å². The zero-order valence-electron chi connectivity index (χ0n) is 32.7. The number of alkyl halides is 2. The molecule has 8 heteroatoms. The molecule has 2 aliphatic heterocycles. The fourth-order valence-electron chi connectivity index (χ4n) is 7.28. The highest BCUT2D eigenvalue weighted by molar-refractivity contribution is 6.09. The SMILES string of the molecule is C=C(Nc1cccc(-c2cccc(C3=Nc4cc(CN5CCC(C(C)(C)C)CC5)cc(C#N)c4C3)c2C)c1)c1ncc(C)cc1N=C(C)C(F)F.C=CC. The summed E-state index contributed by atoms with van der Waals surface area (Å²) in [5.74, 6) is 0.739. The Morgan fingerprint density at radius 2 is 1.76 bits per heavy atom. The van der Waals surface area contributed by atoms with Gasteiger partial charge in [-0.3, -0.25) is 14.9 Å². The summed E-state index contributed by atoms with van der Waals surface area (Å²) >= 11 is 0. The van der Waals surface area contributed by atoms with Crippen molar-refractivity contribution < 1.29 is 8.78 Å². The third kappa shape index (κ3) is 9.45. The predicted molar refractivity (Wildman–Crippen MR) is 221 cm³/mol. The Morgan fingerprint density at radius 1 is 1.07 bits per heavy atom. The molecule has 0 spiro atoms. The Labute approximate surface area is 320 Å². The van der Waals surface area contributed by atoms with Crippen LogP contribution in [-0.4, -0.2) is 40.8 Å². The smallest absolute Gasteiger partial charge is 0.276 e. The second-order valence-corrected chi connectivity index (χ2v) is 15.4. The van der Waals surface area contributed by atoms with Gasteiger partial charge in [0.05, 0.1) is 40.1 Å². The minimum Gasteiger partial charge on any atom is -0.354 e. The van der Waals surface area contributed by atoms with E-state index in [1.54, 1.807) is 18.3 Å². The highest BCUT2D eigenvalue weighted by Crippen LogP contribution is 2.38. The van der Waals surface area contributed by atoms with Gasteiger partial charge >= 0.3 is 0 Å². The molecular weight excluding hydrogens is 675 g/mol. The average Bonchev–Trinajstić information content (AvgIpc) is 3.55. The standard InChI is InChI=1S/C43H46F2N6.C3H6/c1-26-18-40(49-29(4)42(44)45)41(47-24-26)28(3)48-34-11-8-10-31(21-34)35-12-9-13-36(27(35)2)39-22-37-32(23-46)19-30(20-38(37)50-39)25-51-16-14-33(15-17-51)43(5,6)7;1-3-2/h8-13,18-21,24,33,42,48H,3,14-17,22,25H2,1-2,4-7H3;3H,1H2,2H3. The van der Waals surface area contributed by atoms with Crippen molar-refractivity contribution in [1.29, 1.82) is 5.26 Å². The molecule has 0 atom stereocenters. The lowest BCUT2D eigenvalue weighted by molar-refractivity contribution is 0.108. The van der Waals surface area contributed by atoms with E-state index in [-0.39, 0.29) is 5.71 Å². The minimum atomic E-state index is -2.66. The Morgan fingerprint density at radius 3 is 2.43 bits per heavy atom.